The van der Waals surface area contributed by atoms with Crippen LogP contribution in [0.5, 0.6) is 11.6 Å². The third-order valence-corrected chi connectivity index (χ3v) is 2.67. The van der Waals surface area contributed by atoms with Crippen LogP contribution in [-0.2, 0) is 9.53 Å². The number of halogens is 1. The van der Waals surface area contributed by atoms with Gasteiger partial charge in [0, 0.05) is 11.6 Å². The molecule has 0 amide bonds. The van der Waals surface area contributed by atoms with E-state index in [1.807, 2.05) is 0 Å². The molecule has 2 rings (SSSR count). The third-order valence-electron chi connectivity index (χ3n) is 2.47. The third kappa shape index (κ3) is 3.13. The van der Waals surface area contributed by atoms with E-state index in [1.54, 1.807) is 24.3 Å². The van der Waals surface area contributed by atoms with Crippen LogP contribution in [-0.4, -0.2) is 23.0 Å². The van der Waals surface area contributed by atoms with E-state index in [-0.39, 0.29) is 16.6 Å². The van der Waals surface area contributed by atoms with Gasteiger partial charge in [-0.3, -0.25) is 0 Å². The monoisotopic (exact) mass is 290 g/mol. The molecule has 1 heterocycles. The predicted octanol–water partition coefficient (Wildman–Crippen LogP) is 3.11. The van der Waals surface area contributed by atoms with Crippen LogP contribution in [0.15, 0.2) is 43.2 Å². The van der Waals surface area contributed by atoms with Crippen LogP contribution in [0.4, 0.5) is 0 Å². The molecule has 0 aliphatic rings. The van der Waals surface area contributed by atoms with E-state index >= 15 is 0 Å². The molecule has 0 N–H and O–H groups in total. The highest BCUT2D eigenvalue weighted by Gasteiger charge is 2.15. The number of para-hydroxylation sites is 1. The van der Waals surface area contributed by atoms with Gasteiger partial charge in [0.1, 0.15) is 17.2 Å². The second kappa shape index (κ2) is 6.16. The zero-order valence-corrected chi connectivity index (χ0v) is 11.4. The Kier molecular flexibility index (Phi) is 4.32. The molecular weight excluding hydrogens is 280 g/mol. The summed E-state index contributed by atoms with van der Waals surface area (Å²) in [4.78, 5) is 19.2. The lowest BCUT2D eigenvalue weighted by molar-refractivity contribution is -0.133. The average Bonchev–Trinajstić information content (AvgIpc) is 2.46. The molecule has 0 fully saturated rings. The van der Waals surface area contributed by atoms with Gasteiger partial charge >= 0.3 is 5.97 Å². The number of carbonyl (C=O) groups excluding carboxylic acids is 1. The smallest absolute Gasteiger partial charge is 0.337 e. The number of aromatic nitrogens is 2. The predicted molar refractivity (Wildman–Crippen MR) is 74.6 cm³/mol. The minimum Gasteiger partial charge on any atom is -0.465 e. The van der Waals surface area contributed by atoms with Crippen LogP contribution in [0, 0.1) is 0 Å². The van der Waals surface area contributed by atoms with Crippen molar-refractivity contribution in [3.63, 3.8) is 0 Å². The largest absolute Gasteiger partial charge is 0.465 e. The van der Waals surface area contributed by atoms with Gasteiger partial charge in [0.15, 0.2) is 0 Å². The van der Waals surface area contributed by atoms with Crippen LogP contribution in [0.3, 0.4) is 0 Å². The summed E-state index contributed by atoms with van der Waals surface area (Å²) in [6.07, 6.45) is 1.29. The SMILES string of the molecule is C=C(C(=O)OC)c1ccccc1Oc1cc(Cl)ncn1. The highest BCUT2D eigenvalue weighted by atomic mass is 35.5. The first kappa shape index (κ1) is 14.0. The van der Waals surface area contributed by atoms with E-state index in [0.29, 0.717) is 11.3 Å². The zero-order chi connectivity index (χ0) is 14.5. The van der Waals surface area contributed by atoms with Crippen LogP contribution in [0.2, 0.25) is 5.15 Å². The fraction of sp³-hybridized carbons (Fsp3) is 0.0714. The van der Waals surface area contributed by atoms with Crippen LogP contribution in [0.25, 0.3) is 5.57 Å². The maximum Gasteiger partial charge on any atom is 0.337 e. The first-order valence-corrected chi connectivity index (χ1v) is 6.01. The lowest BCUT2D eigenvalue weighted by Crippen LogP contribution is -2.04. The Labute approximate surface area is 120 Å². The second-order valence-electron chi connectivity index (χ2n) is 3.75. The van der Waals surface area contributed by atoms with E-state index in [9.17, 15) is 4.79 Å². The molecule has 6 heteroatoms. The average molecular weight is 291 g/mol. The molecule has 1 aromatic carbocycles. The normalized spacial score (nSPS) is 9.90. The van der Waals surface area contributed by atoms with Crippen molar-refractivity contribution >= 4 is 23.1 Å². The number of esters is 1. The Morgan fingerprint density at radius 3 is 2.75 bits per heavy atom. The molecule has 0 unspecified atom stereocenters. The number of hydrogen-bond donors (Lipinski definition) is 0. The summed E-state index contributed by atoms with van der Waals surface area (Å²) in [7, 11) is 1.29. The molecule has 0 radical (unpaired) electrons. The van der Waals surface area contributed by atoms with Crippen LogP contribution < -0.4 is 4.74 Å². The van der Waals surface area contributed by atoms with Gasteiger partial charge in [0.05, 0.1) is 12.7 Å². The number of carbonyl (C=O) groups is 1. The summed E-state index contributed by atoms with van der Waals surface area (Å²) < 4.78 is 10.3. The Bertz CT molecular complexity index is 658. The van der Waals surface area contributed by atoms with Crippen LogP contribution >= 0.6 is 11.6 Å². The Hall–Kier alpha value is -2.40. The molecule has 0 bridgehead atoms. The topological polar surface area (TPSA) is 61.3 Å². The Morgan fingerprint density at radius 2 is 2.05 bits per heavy atom. The molecule has 1 aromatic heterocycles. The van der Waals surface area contributed by atoms with Crippen molar-refractivity contribution in [3.8, 4) is 11.6 Å². The number of nitrogens with zero attached hydrogens (tertiary/aromatic N) is 2. The van der Waals surface area contributed by atoms with Crippen molar-refractivity contribution in [2.75, 3.05) is 7.11 Å². The van der Waals surface area contributed by atoms with Gasteiger partial charge in [-0.25, -0.2) is 14.8 Å². The van der Waals surface area contributed by atoms with Gasteiger partial charge < -0.3 is 9.47 Å². The summed E-state index contributed by atoms with van der Waals surface area (Å²) in [6.45, 7) is 3.70. The quantitative estimate of drug-likeness (QED) is 0.492. The molecule has 0 saturated heterocycles. The van der Waals surface area contributed by atoms with E-state index in [1.165, 1.54) is 19.5 Å². The maximum atomic E-state index is 11.5. The standard InChI is InChI=1S/C14H11ClN2O3/c1-9(14(18)19-2)10-5-3-4-6-11(10)20-13-7-12(15)16-8-17-13/h3-8H,1H2,2H3. The lowest BCUT2D eigenvalue weighted by Gasteiger charge is -2.11. The highest BCUT2D eigenvalue weighted by Crippen LogP contribution is 2.29. The maximum absolute atomic E-state index is 11.5. The molecule has 20 heavy (non-hydrogen) atoms. The fourth-order valence-electron chi connectivity index (χ4n) is 1.52. The van der Waals surface area contributed by atoms with E-state index < -0.39 is 5.97 Å². The molecule has 102 valence electrons. The van der Waals surface area contributed by atoms with Gasteiger partial charge in [-0.1, -0.05) is 36.4 Å². The number of methoxy groups -OCH3 is 1. The number of benzene rings is 1. The van der Waals surface area contributed by atoms with Crippen molar-refractivity contribution in [1.29, 1.82) is 0 Å². The summed E-state index contributed by atoms with van der Waals surface area (Å²) in [5.74, 6) is 0.176. The second-order valence-corrected chi connectivity index (χ2v) is 4.13. The molecule has 2 aromatic rings. The molecule has 0 aliphatic heterocycles. The first-order chi connectivity index (χ1) is 9.61. The summed E-state index contributed by atoms with van der Waals surface area (Å²) in [5.41, 5.74) is 0.720. The molecule has 5 nitrogen and oxygen atoms in total. The molecule has 0 spiro atoms. The minimum atomic E-state index is -0.526. The lowest BCUT2D eigenvalue weighted by atomic mass is 10.1. The number of rotatable bonds is 4. The first-order valence-electron chi connectivity index (χ1n) is 5.64. The van der Waals surface area contributed by atoms with Gasteiger partial charge in [-0.05, 0) is 6.07 Å². The molecule has 0 saturated carbocycles. The zero-order valence-electron chi connectivity index (χ0n) is 10.7. The summed E-state index contributed by atoms with van der Waals surface area (Å²) in [6, 6.07) is 8.41. The molecular formula is C14H11ClN2O3. The van der Waals surface area contributed by atoms with E-state index in [2.05, 4.69) is 21.3 Å². The molecule has 0 aliphatic carbocycles. The summed E-state index contributed by atoms with van der Waals surface area (Å²) >= 11 is 5.76. The van der Waals surface area contributed by atoms with Crippen molar-refractivity contribution in [2.45, 2.75) is 0 Å². The summed E-state index contributed by atoms with van der Waals surface area (Å²) in [5, 5.41) is 0.263. The van der Waals surface area contributed by atoms with Crippen molar-refractivity contribution in [3.05, 3.63) is 54.0 Å². The van der Waals surface area contributed by atoms with Gasteiger partial charge in [0.25, 0.3) is 0 Å². The van der Waals surface area contributed by atoms with E-state index in [4.69, 9.17) is 16.3 Å². The number of ether oxygens (including phenoxy) is 2. The fourth-order valence-corrected chi connectivity index (χ4v) is 1.66. The Balaban J connectivity index is 2.33. The Morgan fingerprint density at radius 1 is 1.30 bits per heavy atom. The van der Waals surface area contributed by atoms with Gasteiger partial charge in [-0.15, -0.1) is 0 Å². The number of hydrogen-bond acceptors (Lipinski definition) is 5. The van der Waals surface area contributed by atoms with E-state index in [0.717, 1.165) is 0 Å². The van der Waals surface area contributed by atoms with Crippen molar-refractivity contribution in [1.82, 2.24) is 9.97 Å². The van der Waals surface area contributed by atoms with Crippen molar-refractivity contribution < 1.29 is 14.3 Å². The van der Waals surface area contributed by atoms with Crippen LogP contribution in [0.1, 0.15) is 5.56 Å². The minimum absolute atomic E-state index is 0.197. The highest BCUT2D eigenvalue weighted by molar-refractivity contribution is 6.29. The van der Waals surface area contributed by atoms with Gasteiger partial charge in [0.2, 0.25) is 5.88 Å². The van der Waals surface area contributed by atoms with Crippen molar-refractivity contribution in [2.24, 2.45) is 0 Å². The molecule has 0 atom stereocenters. The van der Waals surface area contributed by atoms with Gasteiger partial charge in [-0.2, -0.15) is 0 Å².